The van der Waals surface area contributed by atoms with Crippen molar-refractivity contribution in [3.8, 4) is 5.75 Å². The molecule has 2 aromatic rings. The highest BCUT2D eigenvalue weighted by Crippen LogP contribution is 2.41. The van der Waals surface area contributed by atoms with Crippen LogP contribution in [-0.2, 0) is 0 Å². The first kappa shape index (κ1) is 14.0. The van der Waals surface area contributed by atoms with E-state index in [4.69, 9.17) is 4.74 Å². The van der Waals surface area contributed by atoms with Crippen LogP contribution in [-0.4, -0.2) is 6.54 Å². The Labute approximate surface area is 122 Å². The number of hydrogen-bond donors (Lipinski definition) is 1. The van der Waals surface area contributed by atoms with Crippen molar-refractivity contribution in [2.45, 2.75) is 25.5 Å². The van der Waals surface area contributed by atoms with Crippen LogP contribution in [0.2, 0.25) is 0 Å². The fourth-order valence-corrected chi connectivity index (χ4v) is 2.85. The fraction of sp³-hybridized carbons (Fsp3) is 0.294. The highest BCUT2D eigenvalue weighted by atomic mass is 19.1. The van der Waals surface area contributed by atoms with E-state index >= 15 is 0 Å². The summed E-state index contributed by atoms with van der Waals surface area (Å²) >= 11 is 0. The van der Waals surface area contributed by atoms with E-state index in [0.29, 0.717) is 12.2 Å². The Morgan fingerprint density at radius 1 is 1.10 bits per heavy atom. The van der Waals surface area contributed by atoms with Gasteiger partial charge >= 0.3 is 0 Å². The molecule has 0 radical (unpaired) electrons. The number of para-hydroxylation sites is 1. The normalized spacial score (nSPS) is 20.7. The third-order valence-electron chi connectivity index (χ3n) is 3.79. The molecule has 2 nitrogen and oxygen atoms in total. The first-order chi connectivity index (χ1) is 10.2. The number of fused-ring (bicyclic) bond motifs is 1. The lowest BCUT2D eigenvalue weighted by atomic mass is 9.92. The lowest BCUT2D eigenvalue weighted by molar-refractivity contribution is 0.144. The molecule has 2 aromatic carbocycles. The molecule has 0 bridgehead atoms. The number of hydrogen-bond acceptors (Lipinski definition) is 2. The van der Waals surface area contributed by atoms with Gasteiger partial charge in [-0.25, -0.2) is 8.78 Å². The molecule has 110 valence electrons. The van der Waals surface area contributed by atoms with E-state index in [1.807, 2.05) is 31.2 Å². The molecule has 0 saturated carbocycles. The van der Waals surface area contributed by atoms with E-state index in [0.717, 1.165) is 12.1 Å². The maximum absolute atomic E-state index is 14.0. The van der Waals surface area contributed by atoms with E-state index in [1.54, 1.807) is 0 Å². The zero-order valence-corrected chi connectivity index (χ0v) is 11.8. The van der Waals surface area contributed by atoms with Crippen molar-refractivity contribution in [3.63, 3.8) is 0 Å². The van der Waals surface area contributed by atoms with Crippen LogP contribution in [0.1, 0.15) is 36.6 Å². The van der Waals surface area contributed by atoms with Gasteiger partial charge in [-0.2, -0.15) is 0 Å². The summed E-state index contributed by atoms with van der Waals surface area (Å²) in [6.45, 7) is 2.79. The lowest BCUT2D eigenvalue weighted by Gasteiger charge is -2.33. The van der Waals surface area contributed by atoms with Crippen LogP contribution in [0.25, 0.3) is 0 Å². The van der Waals surface area contributed by atoms with E-state index in [1.165, 1.54) is 18.2 Å². The van der Waals surface area contributed by atoms with Gasteiger partial charge in [-0.1, -0.05) is 31.2 Å². The van der Waals surface area contributed by atoms with E-state index in [9.17, 15) is 8.78 Å². The number of nitrogens with one attached hydrogen (secondary N) is 1. The van der Waals surface area contributed by atoms with Gasteiger partial charge < -0.3 is 10.1 Å². The van der Waals surface area contributed by atoms with Gasteiger partial charge in [-0.15, -0.1) is 0 Å². The molecular weight excluding hydrogens is 272 g/mol. The predicted octanol–water partition coefficient (Wildman–Crippen LogP) is 4.14. The van der Waals surface area contributed by atoms with Crippen molar-refractivity contribution in [2.75, 3.05) is 6.54 Å². The van der Waals surface area contributed by atoms with Crippen LogP contribution >= 0.6 is 0 Å². The molecule has 4 heteroatoms. The summed E-state index contributed by atoms with van der Waals surface area (Å²) in [7, 11) is 0. The molecule has 21 heavy (non-hydrogen) atoms. The molecule has 0 aliphatic carbocycles. The molecule has 2 unspecified atom stereocenters. The van der Waals surface area contributed by atoms with Crippen molar-refractivity contribution < 1.29 is 13.5 Å². The SMILES string of the molecule is CCNC1CC(c2c(F)cccc2F)Oc2ccccc21. The maximum Gasteiger partial charge on any atom is 0.133 e. The van der Waals surface area contributed by atoms with Gasteiger partial charge in [-0.05, 0) is 24.7 Å². The molecule has 1 N–H and O–H groups in total. The van der Waals surface area contributed by atoms with Gasteiger partial charge in [0, 0.05) is 18.0 Å². The van der Waals surface area contributed by atoms with Gasteiger partial charge in [0.2, 0.25) is 0 Å². The van der Waals surface area contributed by atoms with Crippen LogP contribution < -0.4 is 10.1 Å². The highest BCUT2D eigenvalue weighted by molar-refractivity contribution is 5.39. The largest absolute Gasteiger partial charge is 0.485 e. The molecule has 3 rings (SSSR count). The van der Waals surface area contributed by atoms with E-state index in [-0.39, 0.29) is 11.6 Å². The van der Waals surface area contributed by atoms with E-state index < -0.39 is 17.7 Å². The molecular formula is C17H17F2NO. The molecule has 1 aliphatic rings. The summed E-state index contributed by atoms with van der Waals surface area (Å²) in [5.41, 5.74) is 1.04. The Hall–Kier alpha value is -1.94. The van der Waals surface area contributed by atoms with Crippen LogP contribution in [0.5, 0.6) is 5.75 Å². The van der Waals surface area contributed by atoms with Crippen LogP contribution in [0.4, 0.5) is 8.78 Å². The smallest absolute Gasteiger partial charge is 0.133 e. The van der Waals surface area contributed by atoms with Crippen molar-refractivity contribution in [1.82, 2.24) is 5.32 Å². The Morgan fingerprint density at radius 3 is 2.52 bits per heavy atom. The summed E-state index contributed by atoms with van der Waals surface area (Å²) < 4.78 is 33.8. The molecule has 0 aromatic heterocycles. The van der Waals surface area contributed by atoms with Crippen LogP contribution in [0.3, 0.4) is 0 Å². The maximum atomic E-state index is 14.0. The average molecular weight is 289 g/mol. The fourth-order valence-electron chi connectivity index (χ4n) is 2.85. The molecule has 0 fully saturated rings. The van der Waals surface area contributed by atoms with Crippen LogP contribution in [0, 0.1) is 11.6 Å². The minimum atomic E-state index is -0.620. The van der Waals surface area contributed by atoms with Gasteiger partial charge in [0.25, 0.3) is 0 Å². The van der Waals surface area contributed by atoms with Gasteiger partial charge in [-0.3, -0.25) is 0 Å². The lowest BCUT2D eigenvalue weighted by Crippen LogP contribution is -2.29. The zero-order valence-electron chi connectivity index (χ0n) is 11.8. The third kappa shape index (κ3) is 2.63. The molecule has 0 saturated heterocycles. The summed E-state index contributed by atoms with van der Waals surface area (Å²) in [5, 5.41) is 3.35. The third-order valence-corrected chi connectivity index (χ3v) is 3.79. The standard InChI is InChI=1S/C17H17F2NO/c1-2-20-14-10-16(17-12(18)7-5-8-13(17)19)21-15-9-4-3-6-11(14)15/h3-9,14,16,20H,2,10H2,1H3. The second-order valence-corrected chi connectivity index (χ2v) is 5.13. The first-order valence-electron chi connectivity index (χ1n) is 7.13. The minimum absolute atomic E-state index is 0.00917. The number of halogens is 2. The average Bonchev–Trinajstić information content (AvgIpc) is 2.47. The summed E-state index contributed by atoms with van der Waals surface area (Å²) in [5.74, 6) is -0.438. The molecule has 1 aliphatic heterocycles. The zero-order chi connectivity index (χ0) is 14.8. The predicted molar refractivity (Wildman–Crippen MR) is 77.2 cm³/mol. The van der Waals surface area contributed by atoms with Gasteiger partial charge in [0.1, 0.15) is 23.5 Å². The molecule has 0 amide bonds. The topological polar surface area (TPSA) is 21.3 Å². The quantitative estimate of drug-likeness (QED) is 0.917. The van der Waals surface area contributed by atoms with Crippen molar-refractivity contribution in [2.24, 2.45) is 0 Å². The van der Waals surface area contributed by atoms with Crippen LogP contribution in [0.15, 0.2) is 42.5 Å². The minimum Gasteiger partial charge on any atom is -0.485 e. The van der Waals surface area contributed by atoms with Gasteiger partial charge in [0.15, 0.2) is 0 Å². The number of ether oxygens (including phenoxy) is 1. The molecule has 0 spiro atoms. The second-order valence-electron chi connectivity index (χ2n) is 5.13. The summed E-state index contributed by atoms with van der Waals surface area (Å²) in [4.78, 5) is 0. The van der Waals surface area contributed by atoms with Crippen molar-refractivity contribution in [3.05, 3.63) is 65.2 Å². The summed E-state index contributed by atoms with van der Waals surface area (Å²) in [6, 6.07) is 11.6. The number of rotatable bonds is 3. The second kappa shape index (κ2) is 5.82. The number of benzene rings is 2. The first-order valence-corrected chi connectivity index (χ1v) is 7.13. The van der Waals surface area contributed by atoms with Gasteiger partial charge in [0.05, 0.1) is 5.56 Å². The summed E-state index contributed by atoms with van der Waals surface area (Å²) in [6.07, 6.45) is -0.118. The molecule has 2 atom stereocenters. The Bertz CT molecular complexity index is 624. The van der Waals surface area contributed by atoms with E-state index in [2.05, 4.69) is 5.32 Å². The van der Waals surface area contributed by atoms with Crippen molar-refractivity contribution >= 4 is 0 Å². The van der Waals surface area contributed by atoms with Crippen molar-refractivity contribution in [1.29, 1.82) is 0 Å². The monoisotopic (exact) mass is 289 g/mol. The molecule has 1 heterocycles. The highest BCUT2D eigenvalue weighted by Gasteiger charge is 2.31. The Kier molecular flexibility index (Phi) is 3.88. The Morgan fingerprint density at radius 2 is 1.81 bits per heavy atom. The Balaban J connectivity index is 2.00.